The summed E-state index contributed by atoms with van der Waals surface area (Å²) in [5.74, 6) is 0.376. The van der Waals surface area contributed by atoms with E-state index in [2.05, 4.69) is 5.32 Å². The van der Waals surface area contributed by atoms with Crippen LogP contribution in [-0.4, -0.2) is 30.1 Å². The van der Waals surface area contributed by atoms with E-state index in [1.807, 2.05) is 24.0 Å². The van der Waals surface area contributed by atoms with Gasteiger partial charge in [-0.1, -0.05) is 6.92 Å². The lowest BCUT2D eigenvalue weighted by molar-refractivity contribution is -0.118. The molecule has 4 heteroatoms. The zero-order chi connectivity index (χ0) is 13.0. The molecule has 2 rings (SSSR count). The molecular weight excluding hydrogens is 228 g/mol. The van der Waals surface area contributed by atoms with Crippen molar-refractivity contribution >= 4 is 11.6 Å². The number of benzene rings is 1. The van der Waals surface area contributed by atoms with Gasteiger partial charge in [0, 0.05) is 18.2 Å². The fourth-order valence-electron chi connectivity index (χ4n) is 2.41. The minimum absolute atomic E-state index is 0.146. The van der Waals surface area contributed by atoms with Crippen molar-refractivity contribution in [3.05, 3.63) is 24.3 Å². The molecule has 0 aliphatic carbocycles. The van der Waals surface area contributed by atoms with Crippen LogP contribution in [0, 0.1) is 0 Å². The Kier molecular flexibility index (Phi) is 4.20. The number of nitrogens with one attached hydrogen (secondary N) is 1. The van der Waals surface area contributed by atoms with Gasteiger partial charge in [0.15, 0.2) is 0 Å². The normalized spacial score (nSPS) is 16.5. The summed E-state index contributed by atoms with van der Waals surface area (Å²) in [5, 5.41) is 12.6. The van der Waals surface area contributed by atoms with Crippen LogP contribution in [0.15, 0.2) is 24.3 Å². The van der Waals surface area contributed by atoms with E-state index < -0.39 is 0 Å². The van der Waals surface area contributed by atoms with Gasteiger partial charge in [0.1, 0.15) is 5.75 Å². The van der Waals surface area contributed by atoms with Crippen molar-refractivity contribution in [2.45, 2.75) is 32.2 Å². The molecule has 1 amide bonds. The highest BCUT2D eigenvalue weighted by molar-refractivity contribution is 5.93. The van der Waals surface area contributed by atoms with Crippen molar-refractivity contribution in [3.63, 3.8) is 0 Å². The Morgan fingerprint density at radius 3 is 2.50 bits per heavy atom. The molecule has 1 aromatic rings. The molecule has 0 spiro atoms. The number of rotatable bonds is 3. The highest BCUT2D eigenvalue weighted by Gasteiger charge is 2.25. The maximum atomic E-state index is 12.1. The molecule has 1 fully saturated rings. The number of hydrogen-bond acceptors (Lipinski definition) is 3. The molecular formula is C14H20N2O2. The fourth-order valence-corrected chi connectivity index (χ4v) is 2.41. The smallest absolute Gasteiger partial charge is 0.226 e. The van der Waals surface area contributed by atoms with Crippen molar-refractivity contribution in [1.29, 1.82) is 0 Å². The first-order valence-electron chi connectivity index (χ1n) is 6.54. The van der Waals surface area contributed by atoms with E-state index in [-0.39, 0.29) is 17.7 Å². The van der Waals surface area contributed by atoms with E-state index >= 15 is 0 Å². The van der Waals surface area contributed by atoms with Crippen LogP contribution in [-0.2, 0) is 4.79 Å². The van der Waals surface area contributed by atoms with Crippen LogP contribution in [0.2, 0.25) is 0 Å². The summed E-state index contributed by atoms with van der Waals surface area (Å²) in [6.45, 7) is 3.79. The van der Waals surface area contributed by atoms with Crippen LogP contribution in [0.4, 0.5) is 5.69 Å². The number of phenols is 1. The Morgan fingerprint density at radius 2 is 1.94 bits per heavy atom. The number of carbonyl (C=O) groups is 1. The van der Waals surface area contributed by atoms with Gasteiger partial charge in [-0.05, 0) is 50.2 Å². The van der Waals surface area contributed by atoms with Crippen molar-refractivity contribution in [2.24, 2.45) is 0 Å². The second-order valence-corrected chi connectivity index (χ2v) is 4.61. The summed E-state index contributed by atoms with van der Waals surface area (Å²) in [5.41, 5.74) is 0.881. The van der Waals surface area contributed by atoms with Crippen molar-refractivity contribution < 1.29 is 9.90 Å². The van der Waals surface area contributed by atoms with Gasteiger partial charge in [-0.2, -0.15) is 0 Å². The number of anilines is 1. The minimum Gasteiger partial charge on any atom is -0.508 e. The molecule has 0 atom stereocenters. The van der Waals surface area contributed by atoms with E-state index in [4.69, 9.17) is 0 Å². The highest BCUT2D eigenvalue weighted by atomic mass is 16.3. The number of phenolic OH excluding ortho intramolecular Hbond substituents is 1. The van der Waals surface area contributed by atoms with Gasteiger partial charge in [0.05, 0.1) is 0 Å². The van der Waals surface area contributed by atoms with Gasteiger partial charge in [0.25, 0.3) is 0 Å². The van der Waals surface area contributed by atoms with Crippen molar-refractivity contribution in [2.75, 3.05) is 18.0 Å². The van der Waals surface area contributed by atoms with Gasteiger partial charge in [0.2, 0.25) is 5.91 Å². The lowest BCUT2D eigenvalue weighted by Gasteiger charge is -2.34. The zero-order valence-electron chi connectivity index (χ0n) is 10.7. The van der Waals surface area contributed by atoms with E-state index in [1.54, 1.807) is 12.1 Å². The zero-order valence-corrected chi connectivity index (χ0v) is 10.7. The number of hydrogen-bond donors (Lipinski definition) is 2. The monoisotopic (exact) mass is 248 g/mol. The number of carbonyl (C=O) groups excluding carboxylic acids is 1. The first-order chi connectivity index (χ1) is 8.72. The van der Waals surface area contributed by atoms with Crippen LogP contribution in [0.25, 0.3) is 0 Å². The topological polar surface area (TPSA) is 52.6 Å². The van der Waals surface area contributed by atoms with Crippen LogP contribution in [0.1, 0.15) is 26.2 Å². The third-order valence-electron chi connectivity index (χ3n) is 3.37. The van der Waals surface area contributed by atoms with E-state index in [1.165, 1.54) is 0 Å². The molecule has 0 bridgehead atoms. The average Bonchev–Trinajstić information content (AvgIpc) is 2.42. The standard InChI is InChI=1S/C14H20N2O2/c1-2-14(18)16(12-7-9-15-10-8-12)11-3-5-13(17)6-4-11/h3-6,12,15,17H,2,7-10H2,1H3. The largest absolute Gasteiger partial charge is 0.508 e. The summed E-state index contributed by atoms with van der Waals surface area (Å²) < 4.78 is 0. The summed E-state index contributed by atoms with van der Waals surface area (Å²) in [7, 11) is 0. The molecule has 98 valence electrons. The second-order valence-electron chi connectivity index (χ2n) is 4.61. The lowest BCUT2D eigenvalue weighted by Crippen LogP contribution is -2.46. The maximum absolute atomic E-state index is 12.1. The third kappa shape index (κ3) is 2.82. The van der Waals surface area contributed by atoms with E-state index in [0.29, 0.717) is 6.42 Å². The molecule has 0 unspecified atom stereocenters. The first-order valence-corrected chi connectivity index (χ1v) is 6.54. The molecule has 18 heavy (non-hydrogen) atoms. The van der Waals surface area contributed by atoms with Gasteiger partial charge >= 0.3 is 0 Å². The van der Waals surface area contributed by atoms with Crippen LogP contribution < -0.4 is 10.2 Å². The van der Waals surface area contributed by atoms with Crippen LogP contribution in [0.3, 0.4) is 0 Å². The fraction of sp³-hybridized carbons (Fsp3) is 0.500. The second kappa shape index (κ2) is 5.87. The number of nitrogens with zero attached hydrogens (tertiary/aromatic N) is 1. The number of amides is 1. The Labute approximate surface area is 108 Å². The third-order valence-corrected chi connectivity index (χ3v) is 3.37. The van der Waals surface area contributed by atoms with E-state index in [0.717, 1.165) is 31.6 Å². The maximum Gasteiger partial charge on any atom is 0.226 e. The van der Waals surface area contributed by atoms with Gasteiger partial charge < -0.3 is 15.3 Å². The molecule has 0 radical (unpaired) electrons. The molecule has 1 heterocycles. The molecule has 1 saturated heterocycles. The van der Waals surface area contributed by atoms with Gasteiger partial charge in [-0.3, -0.25) is 4.79 Å². The molecule has 1 aliphatic rings. The molecule has 2 N–H and O–H groups in total. The summed E-state index contributed by atoms with van der Waals surface area (Å²) in [4.78, 5) is 14.0. The number of piperidine rings is 1. The SMILES string of the molecule is CCC(=O)N(c1ccc(O)cc1)C1CCNCC1. The quantitative estimate of drug-likeness (QED) is 0.859. The highest BCUT2D eigenvalue weighted by Crippen LogP contribution is 2.24. The summed E-state index contributed by atoms with van der Waals surface area (Å²) in [6, 6.07) is 7.15. The Bertz CT molecular complexity index is 397. The van der Waals surface area contributed by atoms with E-state index in [9.17, 15) is 9.90 Å². The van der Waals surface area contributed by atoms with Crippen LogP contribution >= 0.6 is 0 Å². The molecule has 0 saturated carbocycles. The molecule has 0 aromatic heterocycles. The summed E-state index contributed by atoms with van der Waals surface area (Å²) >= 11 is 0. The Morgan fingerprint density at radius 1 is 1.33 bits per heavy atom. The molecule has 1 aromatic carbocycles. The predicted octanol–water partition coefficient (Wildman–Crippen LogP) is 1.89. The Hall–Kier alpha value is -1.55. The average molecular weight is 248 g/mol. The van der Waals surface area contributed by atoms with Crippen molar-refractivity contribution in [1.82, 2.24) is 5.32 Å². The molecule has 4 nitrogen and oxygen atoms in total. The van der Waals surface area contributed by atoms with Crippen LogP contribution in [0.5, 0.6) is 5.75 Å². The lowest BCUT2D eigenvalue weighted by atomic mass is 10.0. The number of aromatic hydroxyl groups is 1. The predicted molar refractivity (Wildman–Crippen MR) is 71.8 cm³/mol. The van der Waals surface area contributed by atoms with Gasteiger partial charge in [-0.15, -0.1) is 0 Å². The Balaban J connectivity index is 2.23. The van der Waals surface area contributed by atoms with Crippen molar-refractivity contribution in [3.8, 4) is 5.75 Å². The summed E-state index contributed by atoms with van der Waals surface area (Å²) in [6.07, 6.45) is 2.46. The molecule has 1 aliphatic heterocycles. The van der Waals surface area contributed by atoms with Gasteiger partial charge in [-0.25, -0.2) is 0 Å². The minimum atomic E-state index is 0.146. The first kappa shape index (κ1) is 12.9.